The standard InChI is InChI=1S/C18H26ClNO/c1-2-20-16-12-17(18(16)10-4-3-5-11-18)21-13-14-6-8-15(19)9-7-14/h6-9,16-17,20H,2-5,10-13H2,1H3. The lowest BCUT2D eigenvalue weighted by Crippen LogP contribution is -2.64. The van der Waals surface area contributed by atoms with Gasteiger partial charge in [0.15, 0.2) is 0 Å². The molecule has 1 aromatic rings. The molecular formula is C18H26ClNO. The summed E-state index contributed by atoms with van der Waals surface area (Å²) in [5, 5.41) is 4.47. The maximum atomic E-state index is 6.29. The number of rotatable bonds is 5. The molecule has 3 heteroatoms. The zero-order valence-electron chi connectivity index (χ0n) is 12.9. The van der Waals surface area contributed by atoms with E-state index in [0.29, 0.717) is 24.2 Å². The van der Waals surface area contributed by atoms with Gasteiger partial charge in [-0.15, -0.1) is 0 Å². The van der Waals surface area contributed by atoms with Crippen molar-refractivity contribution in [2.24, 2.45) is 5.41 Å². The van der Waals surface area contributed by atoms with E-state index in [2.05, 4.69) is 24.4 Å². The van der Waals surface area contributed by atoms with Gasteiger partial charge in [-0.2, -0.15) is 0 Å². The molecule has 2 aliphatic carbocycles. The number of ether oxygens (including phenoxy) is 1. The summed E-state index contributed by atoms with van der Waals surface area (Å²) in [6, 6.07) is 8.68. The Balaban J connectivity index is 1.60. The van der Waals surface area contributed by atoms with E-state index < -0.39 is 0 Å². The molecule has 2 saturated carbocycles. The highest BCUT2D eigenvalue weighted by molar-refractivity contribution is 6.30. The van der Waals surface area contributed by atoms with Crippen LogP contribution in [0.2, 0.25) is 5.02 Å². The lowest BCUT2D eigenvalue weighted by Gasteiger charge is -2.58. The van der Waals surface area contributed by atoms with Gasteiger partial charge in [-0.3, -0.25) is 0 Å². The van der Waals surface area contributed by atoms with Crippen molar-refractivity contribution in [2.75, 3.05) is 6.54 Å². The van der Waals surface area contributed by atoms with Gasteiger partial charge < -0.3 is 10.1 Å². The highest BCUT2D eigenvalue weighted by atomic mass is 35.5. The molecule has 2 unspecified atom stereocenters. The molecule has 1 spiro atoms. The molecule has 2 nitrogen and oxygen atoms in total. The van der Waals surface area contributed by atoms with Gasteiger partial charge in [0.05, 0.1) is 12.7 Å². The van der Waals surface area contributed by atoms with Gasteiger partial charge in [-0.1, -0.05) is 49.9 Å². The van der Waals surface area contributed by atoms with E-state index in [-0.39, 0.29) is 0 Å². The van der Waals surface area contributed by atoms with Crippen molar-refractivity contribution in [1.82, 2.24) is 5.32 Å². The quantitative estimate of drug-likeness (QED) is 0.861. The van der Waals surface area contributed by atoms with Crippen LogP contribution < -0.4 is 5.32 Å². The summed E-state index contributed by atoms with van der Waals surface area (Å²) < 4.78 is 6.29. The van der Waals surface area contributed by atoms with Gasteiger partial charge in [0.25, 0.3) is 0 Å². The predicted molar refractivity (Wildman–Crippen MR) is 87.6 cm³/mol. The normalized spacial score (nSPS) is 27.5. The van der Waals surface area contributed by atoms with Crippen LogP contribution in [0.5, 0.6) is 0 Å². The largest absolute Gasteiger partial charge is 0.373 e. The van der Waals surface area contributed by atoms with Crippen molar-refractivity contribution in [3.8, 4) is 0 Å². The summed E-state index contributed by atoms with van der Waals surface area (Å²) >= 11 is 5.93. The Morgan fingerprint density at radius 3 is 2.57 bits per heavy atom. The minimum atomic E-state index is 0.403. The Labute approximate surface area is 133 Å². The molecule has 1 N–H and O–H groups in total. The van der Waals surface area contributed by atoms with Crippen molar-refractivity contribution < 1.29 is 4.74 Å². The third kappa shape index (κ3) is 3.13. The van der Waals surface area contributed by atoms with Crippen LogP contribution in [0.4, 0.5) is 0 Å². The fraction of sp³-hybridized carbons (Fsp3) is 0.667. The molecule has 21 heavy (non-hydrogen) atoms. The summed E-state index contributed by atoms with van der Waals surface area (Å²) in [7, 11) is 0. The molecule has 1 aromatic carbocycles. The summed E-state index contributed by atoms with van der Waals surface area (Å²) in [6.07, 6.45) is 8.38. The molecular weight excluding hydrogens is 282 g/mol. The van der Waals surface area contributed by atoms with E-state index >= 15 is 0 Å². The summed E-state index contributed by atoms with van der Waals surface area (Å²) in [5.74, 6) is 0. The molecule has 2 atom stereocenters. The van der Waals surface area contributed by atoms with Gasteiger partial charge in [0.2, 0.25) is 0 Å². The van der Waals surface area contributed by atoms with Crippen molar-refractivity contribution in [1.29, 1.82) is 0 Å². The first-order valence-corrected chi connectivity index (χ1v) is 8.72. The molecule has 0 amide bonds. The van der Waals surface area contributed by atoms with Crippen molar-refractivity contribution >= 4 is 11.6 Å². The van der Waals surface area contributed by atoms with Crippen LogP contribution in [0, 0.1) is 5.41 Å². The van der Waals surface area contributed by atoms with Crippen LogP contribution in [-0.2, 0) is 11.3 Å². The average molecular weight is 308 g/mol. The van der Waals surface area contributed by atoms with E-state index in [9.17, 15) is 0 Å². The summed E-state index contributed by atoms with van der Waals surface area (Å²) in [5.41, 5.74) is 1.62. The maximum Gasteiger partial charge on any atom is 0.0720 e. The molecule has 3 rings (SSSR count). The minimum Gasteiger partial charge on any atom is -0.373 e. The highest BCUT2D eigenvalue weighted by Crippen LogP contribution is 2.53. The number of halogens is 1. The second kappa shape index (κ2) is 6.68. The molecule has 116 valence electrons. The number of hydrogen-bond donors (Lipinski definition) is 1. The fourth-order valence-corrected chi connectivity index (χ4v) is 4.30. The van der Waals surface area contributed by atoms with Gasteiger partial charge in [0.1, 0.15) is 0 Å². The third-order valence-electron chi connectivity index (χ3n) is 5.38. The maximum absolute atomic E-state index is 6.29. The zero-order valence-corrected chi connectivity index (χ0v) is 13.7. The molecule has 0 heterocycles. The number of nitrogens with one attached hydrogen (secondary N) is 1. The molecule has 0 radical (unpaired) electrons. The van der Waals surface area contributed by atoms with Gasteiger partial charge in [-0.05, 0) is 43.5 Å². The second-order valence-corrected chi connectivity index (χ2v) is 7.00. The van der Waals surface area contributed by atoms with Crippen LogP contribution in [0.3, 0.4) is 0 Å². The van der Waals surface area contributed by atoms with E-state index in [1.165, 1.54) is 44.1 Å². The van der Waals surface area contributed by atoms with E-state index in [4.69, 9.17) is 16.3 Å². The molecule has 0 aliphatic heterocycles. The van der Waals surface area contributed by atoms with Crippen LogP contribution in [0.15, 0.2) is 24.3 Å². The van der Waals surface area contributed by atoms with Crippen LogP contribution in [-0.4, -0.2) is 18.7 Å². The summed E-state index contributed by atoms with van der Waals surface area (Å²) in [4.78, 5) is 0. The topological polar surface area (TPSA) is 21.3 Å². The Bertz CT molecular complexity index is 453. The number of hydrogen-bond acceptors (Lipinski definition) is 2. The van der Waals surface area contributed by atoms with Crippen molar-refractivity contribution in [2.45, 2.75) is 64.2 Å². The Hall–Kier alpha value is -0.570. The van der Waals surface area contributed by atoms with E-state index in [1.807, 2.05) is 12.1 Å². The zero-order chi connectivity index (χ0) is 14.7. The van der Waals surface area contributed by atoms with Crippen LogP contribution >= 0.6 is 11.6 Å². The minimum absolute atomic E-state index is 0.403. The fourth-order valence-electron chi connectivity index (χ4n) is 4.17. The molecule has 0 aromatic heterocycles. The lowest BCUT2D eigenvalue weighted by atomic mass is 9.55. The van der Waals surface area contributed by atoms with Gasteiger partial charge >= 0.3 is 0 Å². The molecule has 2 fully saturated rings. The molecule has 0 bridgehead atoms. The highest BCUT2D eigenvalue weighted by Gasteiger charge is 2.55. The van der Waals surface area contributed by atoms with E-state index in [0.717, 1.165) is 11.6 Å². The van der Waals surface area contributed by atoms with Crippen molar-refractivity contribution in [3.05, 3.63) is 34.9 Å². The first-order valence-electron chi connectivity index (χ1n) is 8.34. The van der Waals surface area contributed by atoms with E-state index in [1.54, 1.807) is 0 Å². The number of benzene rings is 1. The predicted octanol–water partition coefficient (Wildman–Crippen LogP) is 4.56. The average Bonchev–Trinajstić information content (AvgIpc) is 2.52. The smallest absolute Gasteiger partial charge is 0.0720 e. The van der Waals surface area contributed by atoms with Crippen LogP contribution in [0.25, 0.3) is 0 Å². The van der Waals surface area contributed by atoms with Crippen LogP contribution in [0.1, 0.15) is 51.0 Å². The van der Waals surface area contributed by atoms with Gasteiger partial charge in [-0.25, -0.2) is 0 Å². The first-order chi connectivity index (χ1) is 10.2. The Morgan fingerprint density at radius 1 is 1.19 bits per heavy atom. The monoisotopic (exact) mass is 307 g/mol. The van der Waals surface area contributed by atoms with Gasteiger partial charge in [0, 0.05) is 16.5 Å². The molecule has 0 saturated heterocycles. The van der Waals surface area contributed by atoms with Crippen molar-refractivity contribution in [3.63, 3.8) is 0 Å². The SMILES string of the molecule is CCNC1CC(OCc2ccc(Cl)cc2)C12CCCCC2. The molecule has 2 aliphatic rings. The first kappa shape index (κ1) is 15.3. The second-order valence-electron chi connectivity index (χ2n) is 6.57. The third-order valence-corrected chi connectivity index (χ3v) is 5.64. The summed E-state index contributed by atoms with van der Waals surface area (Å²) in [6.45, 7) is 3.98. The lowest BCUT2D eigenvalue weighted by molar-refractivity contribution is -0.158. The Kier molecular flexibility index (Phi) is 4.88. The Morgan fingerprint density at radius 2 is 1.90 bits per heavy atom.